The van der Waals surface area contributed by atoms with Crippen molar-refractivity contribution in [3.8, 4) is 6.07 Å². The van der Waals surface area contributed by atoms with Crippen LogP contribution in [0.5, 0.6) is 0 Å². The Hall–Kier alpha value is -4.58. The molecule has 4 aromatic rings. The number of Topliss-reactive ketones (excluding diaryl/α,β-unsaturated/α-hetero) is 1. The summed E-state index contributed by atoms with van der Waals surface area (Å²) in [6, 6.07) is 12.4. The van der Waals surface area contributed by atoms with Crippen LogP contribution in [0.1, 0.15) is 53.9 Å². The van der Waals surface area contributed by atoms with Gasteiger partial charge in [0.05, 0.1) is 28.5 Å². The zero-order valence-corrected chi connectivity index (χ0v) is 20.0. The fraction of sp³-hybridized carbons (Fsp3) is 0.231. The van der Waals surface area contributed by atoms with Gasteiger partial charge in [-0.05, 0) is 44.2 Å². The van der Waals surface area contributed by atoms with Gasteiger partial charge in [-0.2, -0.15) is 5.26 Å². The SMILES string of the molecule is CCC(=O)c1cc(Nc2ccc3c(c2)c(NC(C)c2ncccn2)cc(=O)n3C)c(C#N)c(C)n1. The van der Waals surface area contributed by atoms with E-state index in [1.165, 1.54) is 0 Å². The number of nitriles is 1. The van der Waals surface area contributed by atoms with Gasteiger partial charge in [-0.3, -0.25) is 9.59 Å². The molecule has 0 saturated carbocycles. The zero-order valence-electron chi connectivity index (χ0n) is 20.0. The average Bonchev–Trinajstić information content (AvgIpc) is 2.87. The van der Waals surface area contributed by atoms with Crippen LogP contribution < -0.4 is 16.2 Å². The molecule has 0 amide bonds. The van der Waals surface area contributed by atoms with Crippen LogP contribution in [0.4, 0.5) is 17.1 Å². The Balaban J connectivity index is 1.78. The van der Waals surface area contributed by atoms with Gasteiger partial charge in [0.15, 0.2) is 5.78 Å². The third kappa shape index (κ3) is 4.73. The van der Waals surface area contributed by atoms with Crippen molar-refractivity contribution in [1.29, 1.82) is 5.26 Å². The topological polar surface area (TPSA) is 126 Å². The largest absolute Gasteiger partial charge is 0.375 e. The van der Waals surface area contributed by atoms with Gasteiger partial charge in [-0.1, -0.05) is 6.92 Å². The van der Waals surface area contributed by atoms with E-state index in [0.29, 0.717) is 46.3 Å². The van der Waals surface area contributed by atoms with Crippen molar-refractivity contribution in [1.82, 2.24) is 19.5 Å². The Morgan fingerprint density at radius 1 is 1.17 bits per heavy atom. The van der Waals surface area contributed by atoms with E-state index >= 15 is 0 Å². The fourth-order valence-electron chi connectivity index (χ4n) is 3.88. The predicted molar refractivity (Wildman–Crippen MR) is 135 cm³/mol. The molecule has 1 atom stereocenters. The first kappa shape index (κ1) is 23.6. The van der Waals surface area contributed by atoms with Gasteiger partial charge >= 0.3 is 0 Å². The Morgan fingerprint density at radius 2 is 1.91 bits per heavy atom. The van der Waals surface area contributed by atoms with Crippen molar-refractivity contribution in [2.75, 3.05) is 10.6 Å². The summed E-state index contributed by atoms with van der Waals surface area (Å²) in [4.78, 5) is 37.7. The van der Waals surface area contributed by atoms with Gasteiger partial charge in [0.1, 0.15) is 17.6 Å². The summed E-state index contributed by atoms with van der Waals surface area (Å²) in [5, 5.41) is 17.1. The smallest absolute Gasteiger partial charge is 0.252 e. The zero-order chi connectivity index (χ0) is 25.1. The minimum atomic E-state index is -0.237. The predicted octanol–water partition coefficient (Wildman–Crippen LogP) is 4.41. The van der Waals surface area contributed by atoms with Crippen molar-refractivity contribution >= 4 is 33.7 Å². The van der Waals surface area contributed by atoms with E-state index in [2.05, 4.69) is 31.7 Å². The molecule has 2 N–H and O–H groups in total. The number of hydrogen-bond donors (Lipinski definition) is 2. The van der Waals surface area contributed by atoms with Crippen LogP contribution in [0.3, 0.4) is 0 Å². The highest BCUT2D eigenvalue weighted by molar-refractivity contribution is 5.96. The van der Waals surface area contributed by atoms with Crippen LogP contribution in [0.2, 0.25) is 0 Å². The van der Waals surface area contributed by atoms with E-state index < -0.39 is 0 Å². The molecule has 0 saturated heterocycles. The molecule has 176 valence electrons. The lowest BCUT2D eigenvalue weighted by Crippen LogP contribution is -2.19. The molecule has 0 radical (unpaired) electrons. The van der Waals surface area contributed by atoms with Crippen LogP contribution >= 0.6 is 0 Å². The van der Waals surface area contributed by atoms with Crippen LogP contribution in [0, 0.1) is 18.3 Å². The van der Waals surface area contributed by atoms with Gasteiger partial charge in [-0.25, -0.2) is 15.0 Å². The number of anilines is 3. The normalized spacial score (nSPS) is 11.6. The van der Waals surface area contributed by atoms with E-state index in [4.69, 9.17) is 0 Å². The first-order valence-electron chi connectivity index (χ1n) is 11.2. The van der Waals surface area contributed by atoms with Gasteiger partial charge in [0.2, 0.25) is 0 Å². The van der Waals surface area contributed by atoms with Crippen LogP contribution in [-0.2, 0) is 7.05 Å². The lowest BCUT2D eigenvalue weighted by Gasteiger charge is -2.18. The van der Waals surface area contributed by atoms with Crippen molar-refractivity contribution in [3.05, 3.63) is 81.9 Å². The number of ketones is 1. The molecule has 9 heteroatoms. The van der Waals surface area contributed by atoms with Crippen LogP contribution in [0.25, 0.3) is 10.9 Å². The summed E-state index contributed by atoms with van der Waals surface area (Å²) < 4.78 is 1.57. The molecule has 3 heterocycles. The van der Waals surface area contributed by atoms with E-state index in [0.717, 1.165) is 10.9 Å². The molecule has 1 unspecified atom stereocenters. The van der Waals surface area contributed by atoms with E-state index in [1.807, 2.05) is 25.1 Å². The summed E-state index contributed by atoms with van der Waals surface area (Å²) in [5.41, 5.74) is 3.58. The maximum Gasteiger partial charge on any atom is 0.252 e. The highest BCUT2D eigenvalue weighted by Crippen LogP contribution is 2.30. The van der Waals surface area contributed by atoms with Crippen molar-refractivity contribution in [2.45, 2.75) is 33.2 Å². The number of rotatable bonds is 7. The van der Waals surface area contributed by atoms with E-state index in [1.54, 1.807) is 56.1 Å². The number of aromatic nitrogens is 4. The first-order valence-corrected chi connectivity index (χ1v) is 11.2. The number of nitrogens with one attached hydrogen (secondary N) is 2. The monoisotopic (exact) mass is 467 g/mol. The van der Waals surface area contributed by atoms with Gasteiger partial charge in [-0.15, -0.1) is 0 Å². The number of hydrogen-bond acceptors (Lipinski definition) is 8. The van der Waals surface area contributed by atoms with E-state index in [-0.39, 0.29) is 17.4 Å². The molecule has 3 aromatic heterocycles. The second-order valence-electron chi connectivity index (χ2n) is 8.19. The minimum absolute atomic E-state index is 0.0993. The second kappa shape index (κ2) is 9.73. The Labute approximate surface area is 202 Å². The quantitative estimate of drug-likeness (QED) is 0.383. The molecule has 0 aliphatic heterocycles. The maximum absolute atomic E-state index is 12.6. The molecule has 4 rings (SSSR count). The third-order valence-corrected chi connectivity index (χ3v) is 5.79. The summed E-state index contributed by atoms with van der Waals surface area (Å²) in [6.45, 7) is 5.40. The average molecular weight is 468 g/mol. The van der Waals surface area contributed by atoms with Gasteiger partial charge in [0.25, 0.3) is 5.56 Å². The van der Waals surface area contributed by atoms with Gasteiger partial charge in [0, 0.05) is 48.7 Å². The lowest BCUT2D eigenvalue weighted by molar-refractivity contribution is 0.0983. The van der Waals surface area contributed by atoms with Crippen molar-refractivity contribution in [2.24, 2.45) is 7.05 Å². The standard InChI is InChI=1S/C26H25N7O2/c1-5-24(34)22-12-20(19(14-27)15(2)30-22)32-17-7-8-23-18(11-17)21(13-25(35)33(23)4)31-16(3)26-28-9-6-10-29-26/h6-13,16,31H,5H2,1-4H3,(H,30,32). The first-order chi connectivity index (χ1) is 16.8. The lowest BCUT2D eigenvalue weighted by atomic mass is 10.1. The Kier molecular flexibility index (Phi) is 6.55. The number of aryl methyl sites for hydroxylation is 2. The van der Waals surface area contributed by atoms with Crippen molar-refractivity contribution in [3.63, 3.8) is 0 Å². The van der Waals surface area contributed by atoms with Crippen LogP contribution in [0.15, 0.2) is 53.6 Å². The maximum atomic E-state index is 12.6. The highest BCUT2D eigenvalue weighted by atomic mass is 16.1. The van der Waals surface area contributed by atoms with Gasteiger partial charge < -0.3 is 15.2 Å². The molecule has 35 heavy (non-hydrogen) atoms. The number of nitrogens with zero attached hydrogens (tertiary/aromatic N) is 5. The summed E-state index contributed by atoms with van der Waals surface area (Å²) in [6.07, 6.45) is 3.66. The number of benzene rings is 1. The molecule has 9 nitrogen and oxygen atoms in total. The highest BCUT2D eigenvalue weighted by Gasteiger charge is 2.16. The fourth-order valence-corrected chi connectivity index (χ4v) is 3.88. The third-order valence-electron chi connectivity index (χ3n) is 5.79. The molecule has 0 fully saturated rings. The molecule has 0 bridgehead atoms. The second-order valence-corrected chi connectivity index (χ2v) is 8.19. The summed E-state index contributed by atoms with van der Waals surface area (Å²) in [5.74, 6) is 0.507. The van der Waals surface area contributed by atoms with E-state index in [9.17, 15) is 14.9 Å². The number of carbonyl (C=O) groups is 1. The van der Waals surface area contributed by atoms with Crippen LogP contribution in [-0.4, -0.2) is 25.3 Å². The number of fused-ring (bicyclic) bond motifs is 1. The Bertz CT molecular complexity index is 1520. The number of pyridine rings is 2. The molecule has 0 spiro atoms. The summed E-state index contributed by atoms with van der Waals surface area (Å²) >= 11 is 0. The Morgan fingerprint density at radius 3 is 2.60 bits per heavy atom. The summed E-state index contributed by atoms with van der Waals surface area (Å²) in [7, 11) is 1.72. The minimum Gasteiger partial charge on any atom is -0.375 e. The van der Waals surface area contributed by atoms with Crippen molar-refractivity contribution < 1.29 is 4.79 Å². The number of carbonyl (C=O) groups excluding carboxylic acids is 1. The molecular formula is C26H25N7O2. The molecule has 0 aliphatic carbocycles. The molecule has 1 aromatic carbocycles. The molecule has 0 aliphatic rings. The molecular weight excluding hydrogens is 442 g/mol.